The lowest BCUT2D eigenvalue weighted by atomic mass is 10.1. The summed E-state index contributed by atoms with van der Waals surface area (Å²) in [5.74, 6) is 1.83. The van der Waals surface area contributed by atoms with Crippen molar-refractivity contribution in [2.75, 3.05) is 24.7 Å². The lowest BCUT2D eigenvalue weighted by Crippen LogP contribution is -2.39. The molecule has 2 rings (SSSR count). The molecule has 9 nitrogen and oxygen atoms in total. The van der Waals surface area contributed by atoms with Gasteiger partial charge in [0, 0.05) is 40.7 Å². The molecule has 9 heteroatoms. The molecule has 30 heavy (non-hydrogen) atoms. The summed E-state index contributed by atoms with van der Waals surface area (Å²) in [7, 11) is 6.08. The number of anilines is 3. The smallest absolute Gasteiger partial charge is 0.290 e. The Kier molecular flexibility index (Phi) is 6.95. The van der Waals surface area contributed by atoms with Gasteiger partial charge in [-0.1, -0.05) is 13.0 Å². The van der Waals surface area contributed by atoms with Crippen LogP contribution < -0.4 is 21.8 Å². The zero-order chi connectivity index (χ0) is 22.6. The number of nitrogens with zero attached hydrogens (tertiary/aromatic N) is 3. The SMILES string of the molecule is C#CCC(CC)Nc1c(Nc2cccc(C(=O)N(C)C)c2O)c(=O)n(C)n(C)c1=O. The molecule has 0 bridgehead atoms. The van der Waals surface area contributed by atoms with Gasteiger partial charge in [-0.2, -0.15) is 0 Å². The molecule has 1 atom stereocenters. The first-order chi connectivity index (χ1) is 14.1. The average molecular weight is 413 g/mol. The van der Waals surface area contributed by atoms with E-state index in [-0.39, 0.29) is 34.4 Å². The maximum atomic E-state index is 12.9. The van der Waals surface area contributed by atoms with Crippen LogP contribution >= 0.6 is 0 Å². The van der Waals surface area contributed by atoms with E-state index in [0.29, 0.717) is 12.8 Å². The zero-order valence-corrected chi connectivity index (χ0v) is 17.8. The van der Waals surface area contributed by atoms with Crippen molar-refractivity contribution in [1.82, 2.24) is 14.3 Å². The van der Waals surface area contributed by atoms with E-state index in [4.69, 9.17) is 6.42 Å². The summed E-state index contributed by atoms with van der Waals surface area (Å²) in [5, 5.41) is 16.5. The third-order valence-electron chi connectivity index (χ3n) is 4.85. The number of carbonyl (C=O) groups excluding carboxylic acids is 1. The molecule has 0 aliphatic carbocycles. The van der Waals surface area contributed by atoms with Gasteiger partial charge in [-0.05, 0) is 18.6 Å². The van der Waals surface area contributed by atoms with E-state index in [1.807, 2.05) is 6.92 Å². The van der Waals surface area contributed by atoms with Crippen molar-refractivity contribution < 1.29 is 9.90 Å². The summed E-state index contributed by atoms with van der Waals surface area (Å²) in [6, 6.07) is 4.35. The van der Waals surface area contributed by atoms with Gasteiger partial charge in [0.1, 0.15) is 11.4 Å². The Hall–Kier alpha value is -3.67. The molecule has 3 N–H and O–H groups in total. The number of aromatic hydroxyl groups is 1. The predicted molar refractivity (Wildman–Crippen MR) is 117 cm³/mol. The summed E-state index contributed by atoms with van der Waals surface area (Å²) in [5.41, 5.74) is -0.721. The molecular weight excluding hydrogens is 386 g/mol. The largest absolute Gasteiger partial charge is 0.505 e. The minimum Gasteiger partial charge on any atom is -0.505 e. The quantitative estimate of drug-likeness (QED) is 0.468. The minimum absolute atomic E-state index is 0.0409. The maximum Gasteiger partial charge on any atom is 0.290 e. The number of hydrogen-bond donors (Lipinski definition) is 3. The Balaban J connectivity index is 2.64. The van der Waals surface area contributed by atoms with Crippen molar-refractivity contribution in [2.45, 2.75) is 25.8 Å². The van der Waals surface area contributed by atoms with Gasteiger partial charge in [-0.3, -0.25) is 14.4 Å². The Labute approximate surface area is 174 Å². The van der Waals surface area contributed by atoms with Gasteiger partial charge in [-0.25, -0.2) is 9.36 Å². The number of nitrogens with one attached hydrogen (secondary N) is 2. The van der Waals surface area contributed by atoms with Crippen LogP contribution in [0.5, 0.6) is 5.75 Å². The van der Waals surface area contributed by atoms with Gasteiger partial charge in [0.25, 0.3) is 17.0 Å². The number of hydrogen-bond acceptors (Lipinski definition) is 6. The molecule has 0 spiro atoms. The maximum absolute atomic E-state index is 12.9. The molecule has 1 amide bonds. The standard InChI is InChI=1S/C21H27N5O4/c1-7-10-13(8-2)22-16-17(21(30)26(6)25(5)20(16)29)23-15-12-9-11-14(18(15)27)19(28)24(3)4/h1,9,11-13,22-23,27H,8,10H2,2-6H3. The van der Waals surface area contributed by atoms with Crippen molar-refractivity contribution >= 4 is 23.0 Å². The Morgan fingerprint density at radius 2 is 1.80 bits per heavy atom. The summed E-state index contributed by atoms with van der Waals surface area (Å²) in [6.45, 7) is 1.91. The molecule has 0 aliphatic heterocycles. The van der Waals surface area contributed by atoms with E-state index in [1.54, 1.807) is 20.2 Å². The number of phenolic OH excluding ortho intramolecular Hbond substituents is 1. The van der Waals surface area contributed by atoms with Crippen molar-refractivity contribution in [1.29, 1.82) is 0 Å². The second-order valence-electron chi connectivity index (χ2n) is 7.09. The lowest BCUT2D eigenvalue weighted by Gasteiger charge is -2.21. The van der Waals surface area contributed by atoms with E-state index >= 15 is 0 Å². The van der Waals surface area contributed by atoms with Crippen molar-refractivity contribution in [2.24, 2.45) is 14.1 Å². The van der Waals surface area contributed by atoms with Crippen LogP contribution in [-0.4, -0.2) is 45.4 Å². The lowest BCUT2D eigenvalue weighted by molar-refractivity contribution is 0.0824. The van der Waals surface area contributed by atoms with Crippen LogP contribution in [0.4, 0.5) is 17.1 Å². The molecule has 0 saturated heterocycles. The number of terminal acetylenes is 1. The second kappa shape index (κ2) is 9.22. The fourth-order valence-electron chi connectivity index (χ4n) is 2.90. The number of phenols is 1. The summed E-state index contributed by atoms with van der Waals surface area (Å²) in [4.78, 5) is 39.4. The van der Waals surface area contributed by atoms with E-state index in [9.17, 15) is 19.5 Å². The van der Waals surface area contributed by atoms with E-state index in [2.05, 4.69) is 16.6 Å². The van der Waals surface area contributed by atoms with Crippen LogP contribution in [0.2, 0.25) is 0 Å². The number of amides is 1. The third kappa shape index (κ3) is 4.33. The van der Waals surface area contributed by atoms with E-state index in [0.717, 1.165) is 4.68 Å². The molecular formula is C21H27N5O4. The van der Waals surface area contributed by atoms with Gasteiger partial charge < -0.3 is 20.6 Å². The predicted octanol–water partition coefficient (Wildman–Crippen LogP) is 1.45. The first-order valence-electron chi connectivity index (χ1n) is 9.44. The zero-order valence-electron chi connectivity index (χ0n) is 17.8. The second-order valence-corrected chi connectivity index (χ2v) is 7.09. The Morgan fingerprint density at radius 1 is 1.20 bits per heavy atom. The molecule has 160 valence electrons. The Bertz CT molecular complexity index is 1110. The molecule has 1 heterocycles. The van der Waals surface area contributed by atoms with Crippen LogP contribution in [0.1, 0.15) is 30.1 Å². The first-order valence-corrected chi connectivity index (χ1v) is 9.44. The summed E-state index contributed by atoms with van der Waals surface area (Å²) in [6.07, 6.45) is 6.41. The molecule has 0 fully saturated rings. The fraction of sp³-hybridized carbons (Fsp3) is 0.381. The van der Waals surface area contributed by atoms with E-state index in [1.165, 1.54) is 35.8 Å². The summed E-state index contributed by atoms with van der Waals surface area (Å²) < 4.78 is 2.34. The number of aromatic nitrogens is 2. The topological polar surface area (TPSA) is 109 Å². The molecule has 0 aliphatic rings. The monoisotopic (exact) mass is 413 g/mol. The van der Waals surface area contributed by atoms with Crippen molar-refractivity contribution in [3.05, 3.63) is 44.5 Å². The van der Waals surface area contributed by atoms with Crippen molar-refractivity contribution in [3.8, 4) is 18.1 Å². The van der Waals surface area contributed by atoms with Crippen LogP contribution in [-0.2, 0) is 14.1 Å². The van der Waals surface area contributed by atoms with Gasteiger partial charge >= 0.3 is 0 Å². The highest BCUT2D eigenvalue weighted by atomic mass is 16.3. The number of carbonyl (C=O) groups is 1. The molecule has 1 aromatic carbocycles. The Morgan fingerprint density at radius 3 is 2.33 bits per heavy atom. The van der Waals surface area contributed by atoms with Gasteiger partial charge in [0.15, 0.2) is 5.75 Å². The first kappa shape index (κ1) is 22.6. The third-order valence-corrected chi connectivity index (χ3v) is 4.85. The normalized spacial score (nSPS) is 11.5. The molecule has 1 aromatic heterocycles. The van der Waals surface area contributed by atoms with Gasteiger partial charge in [0.2, 0.25) is 0 Å². The van der Waals surface area contributed by atoms with E-state index < -0.39 is 17.0 Å². The van der Waals surface area contributed by atoms with Gasteiger partial charge in [0.05, 0.1) is 11.3 Å². The van der Waals surface area contributed by atoms with Crippen molar-refractivity contribution in [3.63, 3.8) is 0 Å². The molecule has 0 radical (unpaired) electrons. The highest BCUT2D eigenvalue weighted by Gasteiger charge is 2.22. The fourth-order valence-corrected chi connectivity index (χ4v) is 2.90. The summed E-state index contributed by atoms with van der Waals surface area (Å²) >= 11 is 0. The highest BCUT2D eigenvalue weighted by molar-refractivity contribution is 5.98. The molecule has 0 saturated carbocycles. The highest BCUT2D eigenvalue weighted by Crippen LogP contribution is 2.31. The number of rotatable bonds is 7. The molecule has 1 unspecified atom stereocenters. The molecule has 2 aromatic rings. The van der Waals surface area contributed by atoms with Crippen LogP contribution in [0.3, 0.4) is 0 Å². The number of benzene rings is 1. The number of para-hydroxylation sites is 1. The van der Waals surface area contributed by atoms with Crippen LogP contribution in [0.25, 0.3) is 0 Å². The van der Waals surface area contributed by atoms with Crippen LogP contribution in [0.15, 0.2) is 27.8 Å². The van der Waals surface area contributed by atoms with Gasteiger partial charge in [-0.15, -0.1) is 12.3 Å². The minimum atomic E-state index is -0.487. The average Bonchev–Trinajstić information content (AvgIpc) is 2.72. The van der Waals surface area contributed by atoms with Crippen LogP contribution in [0, 0.1) is 12.3 Å².